The molecule has 0 saturated carbocycles. The van der Waals surface area contributed by atoms with Gasteiger partial charge in [-0.25, -0.2) is 4.98 Å². The van der Waals surface area contributed by atoms with Crippen molar-refractivity contribution in [1.29, 1.82) is 0 Å². The topological polar surface area (TPSA) is 104 Å². The van der Waals surface area contributed by atoms with Crippen molar-refractivity contribution in [3.63, 3.8) is 0 Å². The van der Waals surface area contributed by atoms with Crippen LogP contribution >= 0.6 is 24.0 Å². The fraction of sp³-hybridized carbons (Fsp3) is 0.125. The van der Waals surface area contributed by atoms with E-state index in [4.69, 9.17) is 26.4 Å². The number of para-hydroxylation sites is 2. The molecule has 0 bridgehead atoms. The van der Waals surface area contributed by atoms with Crippen LogP contribution in [0.15, 0.2) is 65.7 Å². The van der Waals surface area contributed by atoms with Crippen molar-refractivity contribution < 1.29 is 23.9 Å². The summed E-state index contributed by atoms with van der Waals surface area (Å²) in [6.07, 6.45) is 2.85. The highest BCUT2D eigenvalue weighted by Crippen LogP contribution is 2.40. The molecular formula is C24H19N3O6S2. The van der Waals surface area contributed by atoms with Crippen molar-refractivity contribution in [2.75, 3.05) is 18.6 Å². The summed E-state index contributed by atoms with van der Waals surface area (Å²) in [5.74, 6) is 1.29. The number of benzene rings is 2. The first kappa shape index (κ1) is 24.2. The Bertz CT molecular complexity index is 1330. The number of anilines is 1. The summed E-state index contributed by atoms with van der Waals surface area (Å²) >= 11 is 6.66. The number of ether oxygens (including phenoxy) is 3. The molecule has 1 saturated heterocycles. The molecule has 2 heterocycles. The summed E-state index contributed by atoms with van der Waals surface area (Å²) in [6.45, 7) is 2.21. The summed E-state index contributed by atoms with van der Waals surface area (Å²) in [4.78, 5) is 29.3. The van der Waals surface area contributed by atoms with E-state index in [9.17, 15) is 14.9 Å². The summed E-state index contributed by atoms with van der Waals surface area (Å²) in [6, 6.07) is 15.1. The summed E-state index contributed by atoms with van der Waals surface area (Å²) in [7, 11) is 1.54. The Morgan fingerprint density at radius 3 is 2.63 bits per heavy atom. The van der Waals surface area contributed by atoms with Gasteiger partial charge in [0.2, 0.25) is 5.88 Å². The number of thioether (sulfide) groups is 1. The maximum Gasteiger partial charge on any atom is 0.287 e. The first-order valence-corrected chi connectivity index (χ1v) is 11.6. The van der Waals surface area contributed by atoms with Crippen LogP contribution < -0.4 is 19.1 Å². The lowest BCUT2D eigenvalue weighted by Crippen LogP contribution is -2.27. The first-order valence-electron chi connectivity index (χ1n) is 10.4. The second-order valence-electron chi connectivity index (χ2n) is 7.04. The highest BCUT2D eigenvalue weighted by Gasteiger charge is 2.34. The van der Waals surface area contributed by atoms with Gasteiger partial charge in [0.05, 0.1) is 29.2 Å². The van der Waals surface area contributed by atoms with Crippen LogP contribution in [0.2, 0.25) is 0 Å². The van der Waals surface area contributed by atoms with Gasteiger partial charge in [-0.1, -0.05) is 42.2 Å². The Morgan fingerprint density at radius 1 is 1.14 bits per heavy atom. The number of methoxy groups -OCH3 is 1. The minimum Gasteiger partial charge on any atom is -0.495 e. The molecule has 0 radical (unpaired) electrons. The number of aromatic nitrogens is 1. The molecule has 1 aromatic heterocycles. The largest absolute Gasteiger partial charge is 0.495 e. The SMILES string of the molecule is CCOc1cc(/C=C2\SC(=S)N(c3ccccc3OC)C2=O)ccc1Oc1ccc([N+](=O)[O-])cn1. The molecule has 9 nitrogen and oxygen atoms in total. The standard InChI is InChI=1S/C24H19N3O6S2/c1-3-32-20-12-15(8-10-19(20)33-22-11-9-16(14-25-22)27(29)30)13-21-23(28)26(24(34)35-21)17-6-4-5-7-18(17)31-2/h4-14H,3H2,1-2H3/b21-13-. The highest BCUT2D eigenvalue weighted by molar-refractivity contribution is 8.27. The Kier molecular flexibility index (Phi) is 7.28. The molecule has 1 fully saturated rings. The highest BCUT2D eigenvalue weighted by atomic mass is 32.2. The molecule has 0 N–H and O–H groups in total. The van der Waals surface area contributed by atoms with E-state index in [0.717, 1.165) is 6.20 Å². The van der Waals surface area contributed by atoms with Crippen LogP contribution in [0.5, 0.6) is 23.1 Å². The van der Waals surface area contributed by atoms with E-state index in [-0.39, 0.29) is 17.5 Å². The van der Waals surface area contributed by atoms with Crippen molar-refractivity contribution in [2.24, 2.45) is 0 Å². The summed E-state index contributed by atoms with van der Waals surface area (Å²) < 4.78 is 17.3. The smallest absolute Gasteiger partial charge is 0.287 e. The Labute approximate surface area is 210 Å². The number of nitro groups is 1. The zero-order chi connectivity index (χ0) is 24.9. The van der Waals surface area contributed by atoms with Crippen molar-refractivity contribution in [2.45, 2.75) is 6.92 Å². The number of pyridine rings is 1. The van der Waals surface area contributed by atoms with E-state index in [1.165, 1.54) is 35.9 Å². The van der Waals surface area contributed by atoms with E-state index in [2.05, 4.69) is 4.98 Å². The predicted molar refractivity (Wildman–Crippen MR) is 137 cm³/mol. The third-order valence-corrected chi connectivity index (χ3v) is 6.13. The van der Waals surface area contributed by atoms with E-state index in [1.807, 2.05) is 19.1 Å². The third-order valence-electron chi connectivity index (χ3n) is 4.83. The van der Waals surface area contributed by atoms with E-state index in [0.29, 0.717) is 44.3 Å². The second kappa shape index (κ2) is 10.5. The van der Waals surface area contributed by atoms with Crippen LogP contribution in [-0.2, 0) is 4.79 Å². The number of carbonyl (C=O) groups excluding carboxylic acids is 1. The van der Waals surface area contributed by atoms with E-state index >= 15 is 0 Å². The molecule has 0 unspecified atom stereocenters. The molecule has 178 valence electrons. The van der Waals surface area contributed by atoms with Gasteiger partial charge in [0, 0.05) is 12.1 Å². The molecule has 4 rings (SSSR count). The van der Waals surface area contributed by atoms with Crippen LogP contribution in [0.25, 0.3) is 6.08 Å². The zero-order valence-corrected chi connectivity index (χ0v) is 20.3. The van der Waals surface area contributed by atoms with Gasteiger partial charge in [0.1, 0.15) is 11.9 Å². The van der Waals surface area contributed by atoms with Gasteiger partial charge in [-0.05, 0) is 42.8 Å². The third kappa shape index (κ3) is 5.26. The number of hydrogen-bond donors (Lipinski definition) is 0. The number of amides is 1. The Morgan fingerprint density at radius 2 is 1.94 bits per heavy atom. The molecule has 3 aromatic rings. The maximum atomic E-state index is 13.2. The number of thiocarbonyl (C=S) groups is 1. The lowest BCUT2D eigenvalue weighted by atomic mass is 10.1. The van der Waals surface area contributed by atoms with Crippen LogP contribution in [0, 0.1) is 10.1 Å². The Hall–Kier alpha value is -3.96. The molecule has 0 aliphatic carbocycles. The van der Waals surface area contributed by atoms with Crippen LogP contribution in [0.1, 0.15) is 12.5 Å². The van der Waals surface area contributed by atoms with Crippen molar-refractivity contribution >= 4 is 51.7 Å². The van der Waals surface area contributed by atoms with Gasteiger partial charge in [0.15, 0.2) is 15.8 Å². The van der Waals surface area contributed by atoms with Crippen LogP contribution in [0.3, 0.4) is 0 Å². The normalized spacial score (nSPS) is 14.3. The quantitative estimate of drug-likeness (QED) is 0.166. The minimum atomic E-state index is -0.534. The molecule has 1 aliphatic heterocycles. The minimum absolute atomic E-state index is 0.136. The van der Waals surface area contributed by atoms with E-state index in [1.54, 1.807) is 36.4 Å². The maximum absolute atomic E-state index is 13.2. The molecule has 0 spiro atoms. The van der Waals surface area contributed by atoms with Gasteiger partial charge >= 0.3 is 0 Å². The van der Waals surface area contributed by atoms with Gasteiger partial charge in [-0.3, -0.25) is 19.8 Å². The monoisotopic (exact) mass is 509 g/mol. The van der Waals surface area contributed by atoms with Gasteiger partial charge < -0.3 is 14.2 Å². The van der Waals surface area contributed by atoms with Crippen molar-refractivity contribution in [3.8, 4) is 23.1 Å². The number of rotatable bonds is 8. The average Bonchev–Trinajstić information content (AvgIpc) is 3.13. The number of carbonyl (C=O) groups is 1. The molecule has 35 heavy (non-hydrogen) atoms. The molecule has 2 aromatic carbocycles. The number of nitrogens with zero attached hydrogens (tertiary/aromatic N) is 3. The van der Waals surface area contributed by atoms with Gasteiger partial charge in [0.25, 0.3) is 11.6 Å². The Balaban J connectivity index is 1.60. The average molecular weight is 510 g/mol. The lowest BCUT2D eigenvalue weighted by Gasteiger charge is -2.17. The molecular weight excluding hydrogens is 490 g/mol. The van der Waals surface area contributed by atoms with Gasteiger partial charge in [-0.2, -0.15) is 0 Å². The van der Waals surface area contributed by atoms with Crippen LogP contribution in [0.4, 0.5) is 11.4 Å². The zero-order valence-electron chi connectivity index (χ0n) is 18.7. The predicted octanol–water partition coefficient (Wildman–Crippen LogP) is 5.60. The summed E-state index contributed by atoms with van der Waals surface area (Å²) in [5.41, 5.74) is 1.15. The van der Waals surface area contributed by atoms with Gasteiger partial charge in [-0.15, -0.1) is 0 Å². The van der Waals surface area contributed by atoms with E-state index < -0.39 is 4.92 Å². The van der Waals surface area contributed by atoms with Crippen LogP contribution in [-0.4, -0.2) is 33.9 Å². The fourth-order valence-corrected chi connectivity index (χ4v) is 4.55. The molecule has 11 heteroatoms. The fourth-order valence-electron chi connectivity index (χ4n) is 3.26. The van der Waals surface area contributed by atoms with Crippen molar-refractivity contribution in [3.05, 3.63) is 81.4 Å². The van der Waals surface area contributed by atoms with Crippen molar-refractivity contribution in [1.82, 2.24) is 4.98 Å². The number of hydrogen-bond acceptors (Lipinski definition) is 9. The molecule has 1 aliphatic rings. The first-order chi connectivity index (χ1) is 16.9. The molecule has 1 amide bonds. The second-order valence-corrected chi connectivity index (χ2v) is 8.72. The lowest BCUT2D eigenvalue weighted by molar-refractivity contribution is -0.385. The summed E-state index contributed by atoms with van der Waals surface area (Å²) in [5, 5.41) is 10.8. The molecule has 0 atom stereocenters.